The number of benzene rings is 3. The maximum atomic E-state index is 5.07. The lowest BCUT2D eigenvalue weighted by atomic mass is 10.0. The molecule has 0 aliphatic rings. The largest absolute Gasteiger partial charge is 0.320 e. The molecule has 0 saturated heterocycles. The average Bonchev–Trinajstić information content (AvgIpc) is 3.57. The molecule has 1 unspecified atom stereocenters. The van der Waals surface area contributed by atoms with E-state index in [4.69, 9.17) is 4.98 Å². The zero-order chi connectivity index (χ0) is 23.6. The van der Waals surface area contributed by atoms with E-state index in [9.17, 15) is 0 Å². The standard InChI is InChI=1S/C30H25N5/c1-21(23-5-3-2-4-6-23)35-29-20-26(24-7-9-25(10-8-24)27-15-18-32-34-27)11-12-28(29)33-30(35)19-22-13-16-31-17-14-22/h2-18,20-21H,19H2,1H3,(H,32,34). The van der Waals surface area contributed by atoms with E-state index < -0.39 is 0 Å². The summed E-state index contributed by atoms with van der Waals surface area (Å²) >= 11 is 0. The van der Waals surface area contributed by atoms with Gasteiger partial charge in [0.1, 0.15) is 5.82 Å². The van der Waals surface area contributed by atoms with E-state index in [1.807, 2.05) is 18.5 Å². The van der Waals surface area contributed by atoms with Crippen LogP contribution in [0.15, 0.2) is 110 Å². The molecule has 1 atom stereocenters. The number of H-pyrrole nitrogens is 1. The Bertz CT molecular complexity index is 1550. The van der Waals surface area contributed by atoms with Gasteiger partial charge in [0.05, 0.1) is 22.8 Å². The smallest absolute Gasteiger partial charge is 0.114 e. The molecule has 1 N–H and O–H groups in total. The van der Waals surface area contributed by atoms with Crippen LogP contribution in [0.25, 0.3) is 33.4 Å². The highest BCUT2D eigenvalue weighted by Gasteiger charge is 2.18. The maximum absolute atomic E-state index is 5.07. The summed E-state index contributed by atoms with van der Waals surface area (Å²) in [6, 6.07) is 32.0. The first-order chi connectivity index (χ1) is 17.3. The lowest BCUT2D eigenvalue weighted by Gasteiger charge is -2.19. The van der Waals surface area contributed by atoms with Crippen molar-refractivity contribution < 1.29 is 0 Å². The van der Waals surface area contributed by atoms with Crippen LogP contribution in [0.4, 0.5) is 0 Å². The quantitative estimate of drug-likeness (QED) is 0.304. The molecule has 3 aromatic carbocycles. The normalized spacial score (nSPS) is 12.1. The number of hydrogen-bond acceptors (Lipinski definition) is 3. The number of nitrogens with zero attached hydrogens (tertiary/aromatic N) is 4. The van der Waals surface area contributed by atoms with E-state index in [-0.39, 0.29) is 6.04 Å². The van der Waals surface area contributed by atoms with Crippen LogP contribution >= 0.6 is 0 Å². The second-order valence-corrected chi connectivity index (χ2v) is 8.77. The predicted octanol–water partition coefficient (Wildman–Crippen LogP) is 6.69. The minimum absolute atomic E-state index is 0.149. The number of fused-ring (bicyclic) bond motifs is 1. The molecule has 35 heavy (non-hydrogen) atoms. The van der Waals surface area contributed by atoms with Gasteiger partial charge >= 0.3 is 0 Å². The van der Waals surface area contributed by atoms with Crippen LogP contribution in [0, 0.1) is 0 Å². The minimum atomic E-state index is 0.149. The summed E-state index contributed by atoms with van der Waals surface area (Å²) in [4.78, 5) is 9.24. The lowest BCUT2D eigenvalue weighted by molar-refractivity contribution is 0.627. The van der Waals surface area contributed by atoms with E-state index in [0.29, 0.717) is 0 Å². The Hall–Kier alpha value is -4.51. The zero-order valence-corrected chi connectivity index (χ0v) is 19.5. The van der Waals surface area contributed by atoms with Crippen molar-refractivity contribution in [1.29, 1.82) is 0 Å². The fraction of sp³-hybridized carbons (Fsp3) is 0.100. The number of rotatable bonds is 6. The van der Waals surface area contributed by atoms with Gasteiger partial charge in [-0.15, -0.1) is 0 Å². The van der Waals surface area contributed by atoms with Crippen molar-refractivity contribution in [3.8, 4) is 22.4 Å². The molecular weight excluding hydrogens is 430 g/mol. The maximum Gasteiger partial charge on any atom is 0.114 e. The van der Waals surface area contributed by atoms with Gasteiger partial charge < -0.3 is 4.57 Å². The molecule has 5 nitrogen and oxygen atoms in total. The third-order valence-corrected chi connectivity index (χ3v) is 6.57. The second kappa shape index (κ2) is 9.03. The minimum Gasteiger partial charge on any atom is -0.320 e. The van der Waals surface area contributed by atoms with E-state index in [0.717, 1.165) is 34.5 Å². The Morgan fingerprint density at radius 1 is 0.771 bits per heavy atom. The SMILES string of the molecule is CC(c1ccccc1)n1c(Cc2ccncc2)nc2ccc(-c3ccc(-c4ccn[nH]4)cc3)cc21. The first-order valence-electron chi connectivity index (χ1n) is 11.8. The number of pyridine rings is 1. The molecule has 6 aromatic rings. The number of nitrogens with one attached hydrogen (secondary N) is 1. The van der Waals surface area contributed by atoms with Crippen LogP contribution in [-0.2, 0) is 6.42 Å². The molecule has 0 fully saturated rings. The molecule has 0 saturated carbocycles. The van der Waals surface area contributed by atoms with Gasteiger partial charge in [-0.25, -0.2) is 4.98 Å². The number of hydrogen-bond donors (Lipinski definition) is 1. The Kier molecular flexibility index (Phi) is 5.43. The van der Waals surface area contributed by atoms with Gasteiger partial charge in [0.2, 0.25) is 0 Å². The summed E-state index contributed by atoms with van der Waals surface area (Å²) in [5, 5.41) is 7.09. The van der Waals surface area contributed by atoms with Gasteiger partial charge in [-0.05, 0) is 65.1 Å². The van der Waals surface area contributed by atoms with Gasteiger partial charge in [0, 0.05) is 25.0 Å². The van der Waals surface area contributed by atoms with Gasteiger partial charge in [-0.2, -0.15) is 5.10 Å². The molecule has 5 heteroatoms. The number of aromatic amines is 1. The predicted molar refractivity (Wildman–Crippen MR) is 140 cm³/mol. The van der Waals surface area contributed by atoms with Crippen LogP contribution in [0.3, 0.4) is 0 Å². The number of imidazole rings is 1. The van der Waals surface area contributed by atoms with Crippen molar-refractivity contribution in [2.24, 2.45) is 0 Å². The summed E-state index contributed by atoms with van der Waals surface area (Å²) in [5.41, 5.74) is 9.09. The summed E-state index contributed by atoms with van der Waals surface area (Å²) in [6.07, 6.45) is 6.21. The zero-order valence-electron chi connectivity index (χ0n) is 19.5. The van der Waals surface area contributed by atoms with E-state index >= 15 is 0 Å². The molecule has 170 valence electrons. The second-order valence-electron chi connectivity index (χ2n) is 8.77. The highest BCUT2D eigenvalue weighted by molar-refractivity contribution is 5.83. The summed E-state index contributed by atoms with van der Waals surface area (Å²) < 4.78 is 2.38. The van der Waals surface area contributed by atoms with E-state index in [1.54, 1.807) is 6.20 Å². The Balaban J connectivity index is 1.45. The third kappa shape index (κ3) is 4.13. The molecule has 0 spiro atoms. The number of aromatic nitrogens is 5. The first-order valence-corrected chi connectivity index (χ1v) is 11.8. The van der Waals surface area contributed by atoms with Crippen molar-refractivity contribution in [1.82, 2.24) is 24.7 Å². The van der Waals surface area contributed by atoms with Crippen LogP contribution in [0.1, 0.15) is 29.9 Å². The van der Waals surface area contributed by atoms with Gasteiger partial charge in [-0.1, -0.05) is 60.7 Å². The van der Waals surface area contributed by atoms with E-state index in [2.05, 4.69) is 112 Å². The summed E-state index contributed by atoms with van der Waals surface area (Å²) in [5.74, 6) is 1.05. The Labute approximate surface area is 204 Å². The van der Waals surface area contributed by atoms with E-state index in [1.165, 1.54) is 22.3 Å². The molecule has 6 rings (SSSR count). The molecule has 0 amide bonds. The van der Waals surface area contributed by atoms with Crippen LogP contribution < -0.4 is 0 Å². The fourth-order valence-corrected chi connectivity index (χ4v) is 4.70. The van der Waals surface area contributed by atoms with Crippen LogP contribution in [0.2, 0.25) is 0 Å². The Morgan fingerprint density at radius 2 is 1.51 bits per heavy atom. The van der Waals surface area contributed by atoms with Crippen molar-refractivity contribution in [2.45, 2.75) is 19.4 Å². The average molecular weight is 456 g/mol. The molecule has 0 radical (unpaired) electrons. The van der Waals surface area contributed by atoms with Crippen LogP contribution in [-0.4, -0.2) is 24.7 Å². The molecule has 3 aromatic heterocycles. The molecule has 0 aliphatic carbocycles. The van der Waals surface area contributed by atoms with Crippen molar-refractivity contribution in [3.05, 3.63) is 127 Å². The lowest BCUT2D eigenvalue weighted by Crippen LogP contribution is -2.11. The molecule has 0 aliphatic heterocycles. The van der Waals surface area contributed by atoms with Crippen LogP contribution in [0.5, 0.6) is 0 Å². The summed E-state index contributed by atoms with van der Waals surface area (Å²) in [7, 11) is 0. The summed E-state index contributed by atoms with van der Waals surface area (Å²) in [6.45, 7) is 2.25. The highest BCUT2D eigenvalue weighted by Crippen LogP contribution is 2.31. The fourth-order valence-electron chi connectivity index (χ4n) is 4.70. The van der Waals surface area contributed by atoms with Crippen molar-refractivity contribution in [2.75, 3.05) is 0 Å². The molecule has 0 bridgehead atoms. The molecule has 3 heterocycles. The van der Waals surface area contributed by atoms with Crippen molar-refractivity contribution >= 4 is 11.0 Å². The molecular formula is C30H25N5. The monoisotopic (exact) mass is 455 g/mol. The highest BCUT2D eigenvalue weighted by atomic mass is 15.1. The van der Waals surface area contributed by atoms with Crippen molar-refractivity contribution in [3.63, 3.8) is 0 Å². The van der Waals surface area contributed by atoms with Gasteiger partial charge in [0.15, 0.2) is 0 Å². The topological polar surface area (TPSA) is 59.4 Å². The first kappa shape index (κ1) is 21.1. The van der Waals surface area contributed by atoms with Gasteiger partial charge in [0.25, 0.3) is 0 Å². The van der Waals surface area contributed by atoms with Gasteiger partial charge in [-0.3, -0.25) is 10.1 Å². The Morgan fingerprint density at radius 3 is 2.26 bits per heavy atom. The third-order valence-electron chi connectivity index (χ3n) is 6.57.